The second-order valence-corrected chi connectivity index (χ2v) is 6.78. The molecule has 0 radical (unpaired) electrons. The molecule has 0 saturated heterocycles. The molecule has 1 aromatic rings. The maximum Gasteiger partial charge on any atom is 0.354 e. The fourth-order valence-electron chi connectivity index (χ4n) is 3.53. The number of hydrogen-bond acceptors (Lipinski definition) is 5. The van der Waals surface area contributed by atoms with Crippen molar-refractivity contribution in [1.29, 1.82) is 0 Å². The van der Waals surface area contributed by atoms with Crippen LogP contribution in [0.1, 0.15) is 37.7 Å². The molecule has 142 valence electrons. The Balaban J connectivity index is 2.33. The summed E-state index contributed by atoms with van der Waals surface area (Å²) in [6.07, 6.45) is 5.97. The summed E-state index contributed by atoms with van der Waals surface area (Å²) in [5.41, 5.74) is 6.86. The average molecular weight is 360 g/mol. The molecule has 1 fully saturated rings. The largest absolute Gasteiger partial charge is 0.464 e. The molecule has 6 nitrogen and oxygen atoms in total. The Hall–Kier alpha value is -2.34. The molecular weight excluding hydrogens is 332 g/mol. The summed E-state index contributed by atoms with van der Waals surface area (Å²) in [5, 5.41) is 0. The molecule has 0 unspecified atom stereocenters. The zero-order valence-electron chi connectivity index (χ0n) is 15.8. The van der Waals surface area contributed by atoms with E-state index >= 15 is 0 Å². The minimum atomic E-state index is -0.544. The zero-order valence-corrected chi connectivity index (χ0v) is 15.8. The first kappa shape index (κ1) is 20.0. The minimum absolute atomic E-state index is 0.0563. The second kappa shape index (κ2) is 8.85. The van der Waals surface area contributed by atoms with Crippen molar-refractivity contribution in [2.75, 3.05) is 33.6 Å². The van der Waals surface area contributed by atoms with Crippen LogP contribution >= 0.6 is 0 Å². The van der Waals surface area contributed by atoms with Gasteiger partial charge in [0.15, 0.2) is 0 Å². The highest BCUT2D eigenvalue weighted by atomic mass is 16.5. The van der Waals surface area contributed by atoms with Gasteiger partial charge in [-0.15, -0.1) is 0 Å². The maximum absolute atomic E-state index is 13.3. The van der Waals surface area contributed by atoms with Crippen LogP contribution in [0.15, 0.2) is 30.0 Å². The Morgan fingerprint density at radius 1 is 1.19 bits per heavy atom. The van der Waals surface area contributed by atoms with Gasteiger partial charge in [0.05, 0.1) is 12.5 Å². The summed E-state index contributed by atoms with van der Waals surface area (Å²) in [4.78, 5) is 27.0. The third-order valence-electron chi connectivity index (χ3n) is 5.10. The van der Waals surface area contributed by atoms with Gasteiger partial charge in [-0.05, 0) is 43.0 Å². The highest BCUT2D eigenvalue weighted by Crippen LogP contribution is 2.43. The monoisotopic (exact) mass is 360 g/mol. The molecule has 0 aliphatic heterocycles. The summed E-state index contributed by atoms with van der Waals surface area (Å²) in [6.45, 7) is 0.523. The van der Waals surface area contributed by atoms with Crippen LogP contribution in [-0.2, 0) is 19.1 Å². The third-order valence-corrected chi connectivity index (χ3v) is 5.10. The number of rotatable bonds is 7. The number of anilines is 1. The smallest absolute Gasteiger partial charge is 0.354 e. The van der Waals surface area contributed by atoms with Crippen molar-refractivity contribution < 1.29 is 19.1 Å². The van der Waals surface area contributed by atoms with Crippen molar-refractivity contribution in [1.82, 2.24) is 4.90 Å². The number of amides is 1. The van der Waals surface area contributed by atoms with Gasteiger partial charge in [-0.3, -0.25) is 4.79 Å². The fourth-order valence-corrected chi connectivity index (χ4v) is 3.53. The second-order valence-electron chi connectivity index (χ2n) is 6.78. The molecule has 1 aromatic carbocycles. The van der Waals surface area contributed by atoms with Crippen LogP contribution in [0.4, 0.5) is 5.69 Å². The van der Waals surface area contributed by atoms with Crippen molar-refractivity contribution in [2.45, 2.75) is 32.1 Å². The predicted octanol–water partition coefficient (Wildman–Crippen LogP) is 2.84. The SMILES string of the molecule is COCCC1(C(=O)N(C)/C(=C\c2ccc(N)cc2)C(=O)OC)CCCC1. The number of esters is 1. The third kappa shape index (κ3) is 4.43. The molecule has 1 aliphatic carbocycles. The van der Waals surface area contributed by atoms with Crippen LogP contribution in [0.2, 0.25) is 0 Å². The van der Waals surface area contributed by atoms with Crippen molar-refractivity contribution in [3.05, 3.63) is 35.5 Å². The van der Waals surface area contributed by atoms with Crippen LogP contribution in [0.5, 0.6) is 0 Å². The van der Waals surface area contributed by atoms with Gasteiger partial charge in [-0.25, -0.2) is 4.79 Å². The van der Waals surface area contributed by atoms with Crippen LogP contribution < -0.4 is 5.73 Å². The summed E-state index contributed by atoms with van der Waals surface area (Å²) >= 11 is 0. The van der Waals surface area contributed by atoms with E-state index in [1.165, 1.54) is 12.0 Å². The van der Waals surface area contributed by atoms with Gasteiger partial charge >= 0.3 is 5.97 Å². The van der Waals surface area contributed by atoms with E-state index in [9.17, 15) is 9.59 Å². The Morgan fingerprint density at radius 2 is 1.81 bits per heavy atom. The lowest BCUT2D eigenvalue weighted by atomic mass is 9.81. The number of ether oxygens (including phenoxy) is 2. The first-order valence-corrected chi connectivity index (χ1v) is 8.86. The molecule has 0 atom stereocenters. The quantitative estimate of drug-likeness (QED) is 0.459. The van der Waals surface area contributed by atoms with Gasteiger partial charge in [0, 0.05) is 26.5 Å². The molecule has 0 spiro atoms. The van der Waals surface area contributed by atoms with Crippen molar-refractivity contribution >= 4 is 23.6 Å². The van der Waals surface area contributed by atoms with E-state index in [4.69, 9.17) is 15.2 Å². The average Bonchev–Trinajstić information content (AvgIpc) is 3.14. The number of likely N-dealkylation sites (N-methyl/N-ethyl adjacent to an activating group) is 1. The number of nitrogen functional groups attached to an aromatic ring is 1. The Kier molecular flexibility index (Phi) is 6.80. The van der Waals surface area contributed by atoms with Crippen LogP contribution in [0.25, 0.3) is 6.08 Å². The van der Waals surface area contributed by atoms with Crippen molar-refractivity contribution in [3.63, 3.8) is 0 Å². The molecule has 0 heterocycles. The number of carbonyl (C=O) groups is 2. The fraction of sp³-hybridized carbons (Fsp3) is 0.500. The minimum Gasteiger partial charge on any atom is -0.464 e. The normalized spacial score (nSPS) is 16.3. The van der Waals surface area contributed by atoms with Gasteiger partial charge < -0.3 is 20.1 Å². The van der Waals surface area contributed by atoms with Gasteiger partial charge in [-0.1, -0.05) is 25.0 Å². The Labute approximate surface area is 154 Å². The number of nitrogens with zero attached hydrogens (tertiary/aromatic N) is 1. The first-order chi connectivity index (χ1) is 12.4. The number of nitrogens with two attached hydrogens (primary N) is 1. The standard InChI is InChI=1S/C20H28N2O4/c1-22(19(24)20(12-13-25-2)10-4-5-11-20)17(18(23)26-3)14-15-6-8-16(21)9-7-15/h6-9,14H,4-5,10-13,21H2,1-3H3/b17-14-. The van der Waals surface area contributed by atoms with E-state index in [-0.39, 0.29) is 11.6 Å². The maximum atomic E-state index is 13.3. The lowest BCUT2D eigenvalue weighted by molar-refractivity contribution is -0.146. The van der Waals surface area contributed by atoms with Crippen molar-refractivity contribution in [3.8, 4) is 0 Å². The zero-order chi connectivity index (χ0) is 19.2. The van der Waals surface area contributed by atoms with Gasteiger partial charge in [0.2, 0.25) is 5.91 Å². The van der Waals surface area contributed by atoms with Crippen LogP contribution in [0, 0.1) is 5.41 Å². The van der Waals surface area contributed by atoms with Gasteiger partial charge in [-0.2, -0.15) is 0 Å². The molecular formula is C20H28N2O4. The molecule has 2 rings (SSSR count). The number of hydrogen-bond donors (Lipinski definition) is 1. The molecule has 2 N–H and O–H groups in total. The van der Waals surface area contributed by atoms with E-state index in [2.05, 4.69) is 0 Å². The highest BCUT2D eigenvalue weighted by Gasteiger charge is 2.43. The summed E-state index contributed by atoms with van der Waals surface area (Å²) in [7, 11) is 4.58. The first-order valence-electron chi connectivity index (χ1n) is 8.86. The number of carbonyl (C=O) groups excluding carboxylic acids is 2. The molecule has 1 saturated carbocycles. The molecule has 6 heteroatoms. The topological polar surface area (TPSA) is 81.9 Å². The highest BCUT2D eigenvalue weighted by molar-refractivity contribution is 5.99. The lowest BCUT2D eigenvalue weighted by Gasteiger charge is -2.32. The molecule has 1 aliphatic rings. The number of benzene rings is 1. The lowest BCUT2D eigenvalue weighted by Crippen LogP contribution is -2.42. The summed E-state index contributed by atoms with van der Waals surface area (Å²) in [6, 6.07) is 7.10. The van der Waals surface area contributed by atoms with Gasteiger partial charge in [0.1, 0.15) is 5.70 Å². The Bertz CT molecular complexity index is 661. The van der Waals surface area contributed by atoms with Crippen LogP contribution in [-0.4, -0.2) is 44.7 Å². The van der Waals surface area contributed by atoms with E-state index < -0.39 is 11.4 Å². The molecule has 26 heavy (non-hydrogen) atoms. The summed E-state index contributed by atoms with van der Waals surface area (Å²) < 4.78 is 10.1. The van der Waals surface area contributed by atoms with E-state index in [1.54, 1.807) is 44.5 Å². The number of methoxy groups -OCH3 is 2. The van der Waals surface area contributed by atoms with Crippen molar-refractivity contribution in [2.24, 2.45) is 5.41 Å². The van der Waals surface area contributed by atoms with E-state index in [0.717, 1.165) is 31.2 Å². The predicted molar refractivity (Wildman–Crippen MR) is 101 cm³/mol. The molecule has 0 bridgehead atoms. The summed E-state index contributed by atoms with van der Waals surface area (Å²) in [5.74, 6) is -0.600. The van der Waals surface area contributed by atoms with Gasteiger partial charge in [0.25, 0.3) is 0 Å². The van der Waals surface area contributed by atoms with E-state index in [1.807, 2.05) is 0 Å². The molecule has 0 aromatic heterocycles. The van der Waals surface area contributed by atoms with E-state index in [0.29, 0.717) is 18.7 Å². The van der Waals surface area contributed by atoms with Crippen LogP contribution in [0.3, 0.4) is 0 Å². The molecule has 1 amide bonds. The Morgan fingerprint density at radius 3 is 2.35 bits per heavy atom.